The van der Waals surface area contributed by atoms with Crippen LogP contribution in [0.15, 0.2) is 36.1 Å². The molecule has 2 rings (SSSR count). The van der Waals surface area contributed by atoms with Crippen molar-refractivity contribution in [3.05, 3.63) is 41.7 Å². The maximum atomic E-state index is 11.9. The van der Waals surface area contributed by atoms with Crippen molar-refractivity contribution in [2.45, 2.75) is 36.7 Å². The number of halogens is 2. The summed E-state index contributed by atoms with van der Waals surface area (Å²) in [6.45, 7) is 2.05. The molecule has 0 radical (unpaired) electrons. The van der Waals surface area contributed by atoms with Gasteiger partial charge in [-0.3, -0.25) is 4.79 Å². The van der Waals surface area contributed by atoms with Crippen molar-refractivity contribution >= 4 is 35.2 Å². The van der Waals surface area contributed by atoms with Crippen molar-refractivity contribution < 1.29 is 9.53 Å². The summed E-state index contributed by atoms with van der Waals surface area (Å²) in [6, 6.07) is 9.48. The third-order valence-corrected chi connectivity index (χ3v) is 3.85. The number of carbonyl (C=O) groups is 1. The Balaban J connectivity index is 2.09. The van der Waals surface area contributed by atoms with Gasteiger partial charge < -0.3 is 10.1 Å². The largest absolute Gasteiger partial charge is 0.462 e. The molecule has 1 amide bonds. The Labute approximate surface area is 128 Å². The summed E-state index contributed by atoms with van der Waals surface area (Å²) >= 11 is 12.5. The SMILES string of the molecule is CCCCC(Cl)(Cl)C1NC(=O)/C(=C/c2ccccc2)O1. The molecule has 1 heterocycles. The summed E-state index contributed by atoms with van der Waals surface area (Å²) in [5.74, 6) is -0.0515. The number of unbranched alkanes of at least 4 members (excludes halogenated alkanes) is 1. The smallest absolute Gasteiger partial charge is 0.289 e. The van der Waals surface area contributed by atoms with Gasteiger partial charge in [-0.1, -0.05) is 73.3 Å². The van der Waals surface area contributed by atoms with Crippen molar-refractivity contribution in [1.29, 1.82) is 0 Å². The van der Waals surface area contributed by atoms with Crippen molar-refractivity contribution in [3.63, 3.8) is 0 Å². The molecule has 3 nitrogen and oxygen atoms in total. The highest BCUT2D eigenvalue weighted by Gasteiger charge is 2.43. The number of nitrogens with one attached hydrogen (secondary N) is 1. The highest BCUT2D eigenvalue weighted by atomic mass is 35.5. The minimum absolute atomic E-state index is 0.239. The van der Waals surface area contributed by atoms with Crippen LogP contribution in [0.25, 0.3) is 6.08 Å². The zero-order valence-corrected chi connectivity index (χ0v) is 12.7. The number of hydrogen-bond donors (Lipinski definition) is 1. The minimum atomic E-state index is -1.11. The molecule has 108 valence electrons. The summed E-state index contributed by atoms with van der Waals surface area (Å²) in [5, 5.41) is 2.68. The number of ether oxygens (including phenoxy) is 1. The zero-order valence-electron chi connectivity index (χ0n) is 11.2. The molecule has 1 atom stereocenters. The van der Waals surface area contributed by atoms with Crippen LogP contribution < -0.4 is 5.32 Å². The number of carbonyl (C=O) groups excluding carboxylic acids is 1. The van der Waals surface area contributed by atoms with Crippen LogP contribution in [0.5, 0.6) is 0 Å². The fourth-order valence-corrected chi connectivity index (χ4v) is 2.40. The van der Waals surface area contributed by atoms with Crippen molar-refractivity contribution in [2.24, 2.45) is 0 Å². The molecule has 1 saturated heterocycles. The summed E-state index contributed by atoms with van der Waals surface area (Å²) < 4.78 is 4.46. The maximum Gasteiger partial charge on any atom is 0.289 e. The Morgan fingerprint density at radius 1 is 1.35 bits per heavy atom. The normalized spacial score (nSPS) is 20.9. The van der Waals surface area contributed by atoms with Gasteiger partial charge in [-0.2, -0.15) is 0 Å². The average Bonchev–Trinajstić information content (AvgIpc) is 2.80. The molecule has 1 unspecified atom stereocenters. The Kier molecular flexibility index (Phi) is 4.95. The van der Waals surface area contributed by atoms with Crippen LogP contribution >= 0.6 is 23.2 Å². The molecule has 1 aromatic rings. The fourth-order valence-electron chi connectivity index (χ4n) is 1.94. The van der Waals surface area contributed by atoms with Gasteiger partial charge in [-0.05, 0) is 18.1 Å². The van der Waals surface area contributed by atoms with E-state index in [4.69, 9.17) is 27.9 Å². The van der Waals surface area contributed by atoms with Gasteiger partial charge in [0.15, 0.2) is 10.1 Å². The van der Waals surface area contributed by atoms with E-state index in [2.05, 4.69) is 12.2 Å². The van der Waals surface area contributed by atoms with Gasteiger partial charge in [0.25, 0.3) is 5.91 Å². The molecule has 20 heavy (non-hydrogen) atoms. The van der Waals surface area contributed by atoms with E-state index >= 15 is 0 Å². The van der Waals surface area contributed by atoms with E-state index in [-0.39, 0.29) is 11.7 Å². The monoisotopic (exact) mass is 313 g/mol. The standard InChI is InChI=1S/C15H17Cl2NO2/c1-2-3-9-15(16,17)14-18-13(19)12(20-14)10-11-7-5-4-6-8-11/h4-8,10,14H,2-3,9H2,1H3,(H,18,19)/b12-10-. The quantitative estimate of drug-likeness (QED) is 0.662. The van der Waals surface area contributed by atoms with E-state index in [1.54, 1.807) is 6.08 Å². The van der Waals surface area contributed by atoms with Gasteiger partial charge in [0.05, 0.1) is 0 Å². The highest BCUT2D eigenvalue weighted by molar-refractivity contribution is 6.49. The molecule has 1 aliphatic heterocycles. The number of amides is 1. The molecule has 1 aromatic carbocycles. The molecule has 1 fully saturated rings. The van der Waals surface area contributed by atoms with Crippen LogP contribution in [0.2, 0.25) is 0 Å². The minimum Gasteiger partial charge on any atom is -0.462 e. The summed E-state index contributed by atoms with van der Waals surface area (Å²) in [4.78, 5) is 11.9. The van der Waals surface area contributed by atoms with Crippen molar-refractivity contribution in [2.75, 3.05) is 0 Å². The summed E-state index contributed by atoms with van der Waals surface area (Å²) in [5.41, 5.74) is 0.890. The van der Waals surface area contributed by atoms with Crippen LogP contribution in [0.4, 0.5) is 0 Å². The van der Waals surface area contributed by atoms with Crippen molar-refractivity contribution in [3.8, 4) is 0 Å². The first-order valence-corrected chi connectivity index (χ1v) is 7.40. The Morgan fingerprint density at radius 2 is 2.05 bits per heavy atom. The second-order valence-electron chi connectivity index (χ2n) is 4.76. The molecular formula is C15H17Cl2NO2. The molecule has 0 aliphatic carbocycles. The third-order valence-electron chi connectivity index (χ3n) is 3.08. The third kappa shape index (κ3) is 3.68. The van der Waals surface area contributed by atoms with Crippen LogP contribution in [0.3, 0.4) is 0 Å². The molecule has 0 saturated carbocycles. The van der Waals surface area contributed by atoms with Gasteiger partial charge in [0.2, 0.25) is 6.23 Å². The Morgan fingerprint density at radius 3 is 2.70 bits per heavy atom. The fraction of sp³-hybridized carbons (Fsp3) is 0.400. The van der Waals surface area contributed by atoms with Crippen LogP contribution in [-0.4, -0.2) is 16.5 Å². The van der Waals surface area contributed by atoms with E-state index in [9.17, 15) is 4.79 Å². The van der Waals surface area contributed by atoms with Crippen molar-refractivity contribution in [1.82, 2.24) is 5.32 Å². The number of rotatable bonds is 5. The first-order valence-electron chi connectivity index (χ1n) is 6.65. The van der Waals surface area contributed by atoms with E-state index in [0.29, 0.717) is 6.42 Å². The molecule has 1 N–H and O–H groups in total. The lowest BCUT2D eigenvalue weighted by Gasteiger charge is -2.24. The maximum absolute atomic E-state index is 11.9. The first kappa shape index (κ1) is 15.2. The first-order chi connectivity index (χ1) is 9.53. The summed E-state index contributed by atoms with van der Waals surface area (Å²) in [7, 11) is 0. The van der Waals surface area contributed by atoms with Gasteiger partial charge in [0, 0.05) is 0 Å². The van der Waals surface area contributed by atoms with Gasteiger partial charge in [-0.25, -0.2) is 0 Å². The molecule has 5 heteroatoms. The lowest BCUT2D eigenvalue weighted by atomic mass is 10.2. The second kappa shape index (κ2) is 6.51. The highest BCUT2D eigenvalue weighted by Crippen LogP contribution is 2.35. The zero-order chi connectivity index (χ0) is 14.6. The molecular weight excluding hydrogens is 297 g/mol. The molecule has 0 bridgehead atoms. The van der Waals surface area contributed by atoms with Gasteiger partial charge in [0.1, 0.15) is 0 Å². The van der Waals surface area contributed by atoms with Gasteiger partial charge >= 0.3 is 0 Å². The van der Waals surface area contributed by atoms with Crippen LogP contribution in [-0.2, 0) is 9.53 Å². The predicted molar refractivity (Wildman–Crippen MR) is 81.4 cm³/mol. The van der Waals surface area contributed by atoms with E-state index in [0.717, 1.165) is 18.4 Å². The van der Waals surface area contributed by atoms with Gasteiger partial charge in [-0.15, -0.1) is 0 Å². The number of alkyl halides is 2. The average molecular weight is 314 g/mol. The van der Waals surface area contributed by atoms with Crippen LogP contribution in [0, 0.1) is 0 Å². The molecule has 0 spiro atoms. The Bertz CT molecular complexity index is 500. The van der Waals surface area contributed by atoms with E-state index < -0.39 is 10.6 Å². The molecule has 1 aliphatic rings. The topological polar surface area (TPSA) is 38.3 Å². The van der Waals surface area contributed by atoms with Crippen LogP contribution in [0.1, 0.15) is 31.7 Å². The lowest BCUT2D eigenvalue weighted by molar-refractivity contribution is -0.116. The Hall–Kier alpha value is -1.19. The van der Waals surface area contributed by atoms with E-state index in [1.807, 2.05) is 30.3 Å². The lowest BCUT2D eigenvalue weighted by Crippen LogP contribution is -2.41. The molecule has 0 aromatic heterocycles. The number of benzene rings is 1. The predicted octanol–water partition coefficient (Wildman–Crippen LogP) is 3.86. The second-order valence-corrected chi connectivity index (χ2v) is 6.30. The summed E-state index contributed by atoms with van der Waals surface area (Å²) in [6.07, 6.45) is 3.39. The number of hydrogen-bond acceptors (Lipinski definition) is 2. The van der Waals surface area contributed by atoms with E-state index in [1.165, 1.54) is 0 Å².